The van der Waals surface area contributed by atoms with E-state index in [1.165, 1.54) is 22.3 Å². The van der Waals surface area contributed by atoms with Crippen LogP contribution >= 0.6 is 0 Å². The zero-order valence-corrected chi connectivity index (χ0v) is 35.3. The molecule has 0 fully saturated rings. The van der Waals surface area contributed by atoms with Gasteiger partial charge in [-0.2, -0.15) is 0 Å². The minimum atomic E-state index is 0.576. The lowest BCUT2D eigenvalue weighted by molar-refractivity contribution is 0.670. The summed E-state index contributed by atoms with van der Waals surface area (Å²) in [5.41, 5.74) is 15.7. The van der Waals surface area contributed by atoms with Gasteiger partial charge in [0.25, 0.3) is 0 Å². The molecule has 0 aliphatic heterocycles. The molecule has 65 heavy (non-hydrogen) atoms. The minimum absolute atomic E-state index is 0.576. The highest BCUT2D eigenvalue weighted by Gasteiger charge is 2.20. The molecule has 0 N–H and O–H groups in total. The summed E-state index contributed by atoms with van der Waals surface area (Å²) in [4.78, 5) is 15.8. The lowest BCUT2D eigenvalue weighted by Crippen LogP contribution is -2.00. The van der Waals surface area contributed by atoms with Crippen LogP contribution in [0.4, 0.5) is 0 Å². The molecule has 0 atom stereocenters. The van der Waals surface area contributed by atoms with E-state index in [2.05, 4.69) is 206 Å². The van der Waals surface area contributed by atoms with Gasteiger partial charge in [-0.1, -0.05) is 206 Å². The van der Waals surface area contributed by atoms with Gasteiger partial charge in [0, 0.05) is 33.0 Å². The zero-order chi connectivity index (χ0) is 43.1. The van der Waals surface area contributed by atoms with Gasteiger partial charge in [-0.15, -0.1) is 0 Å². The van der Waals surface area contributed by atoms with Crippen molar-refractivity contribution >= 4 is 32.7 Å². The van der Waals surface area contributed by atoms with Crippen molar-refractivity contribution in [1.82, 2.24) is 15.0 Å². The fraction of sp³-hybridized carbons (Fsp3) is 0. The second kappa shape index (κ2) is 16.2. The Morgan fingerprint density at radius 3 is 1.34 bits per heavy atom. The van der Waals surface area contributed by atoms with E-state index in [0.29, 0.717) is 17.5 Å². The number of aromatic nitrogens is 3. The third-order valence-electron chi connectivity index (χ3n) is 12.3. The molecule has 0 amide bonds. The molecule has 4 nitrogen and oxygen atoms in total. The molecule has 2 heterocycles. The summed E-state index contributed by atoms with van der Waals surface area (Å²) in [6.07, 6.45) is 0. The first kappa shape index (κ1) is 38.0. The van der Waals surface area contributed by atoms with Crippen LogP contribution in [0.1, 0.15) is 0 Å². The first-order valence-electron chi connectivity index (χ1n) is 21.9. The summed E-state index contributed by atoms with van der Waals surface area (Å²) in [7, 11) is 0. The Bertz CT molecular complexity index is 3690. The maximum Gasteiger partial charge on any atom is 0.164 e. The molecule has 0 bridgehead atoms. The first-order chi connectivity index (χ1) is 32.2. The van der Waals surface area contributed by atoms with Crippen LogP contribution in [0.5, 0.6) is 0 Å². The molecular formula is C61H39N3O. The molecule has 2 aromatic heterocycles. The average molecular weight is 830 g/mol. The monoisotopic (exact) mass is 829 g/mol. The van der Waals surface area contributed by atoms with Crippen molar-refractivity contribution in [1.29, 1.82) is 0 Å². The van der Waals surface area contributed by atoms with Gasteiger partial charge < -0.3 is 4.42 Å². The fourth-order valence-corrected chi connectivity index (χ4v) is 9.03. The number of furan rings is 1. The van der Waals surface area contributed by atoms with Crippen molar-refractivity contribution in [3.05, 3.63) is 237 Å². The number of benzene rings is 10. The summed E-state index contributed by atoms with van der Waals surface area (Å²) in [5.74, 6) is 1.77. The summed E-state index contributed by atoms with van der Waals surface area (Å²) in [5, 5.41) is 4.23. The predicted molar refractivity (Wildman–Crippen MR) is 268 cm³/mol. The van der Waals surface area contributed by atoms with Crippen LogP contribution in [0.15, 0.2) is 241 Å². The fourth-order valence-electron chi connectivity index (χ4n) is 9.03. The van der Waals surface area contributed by atoms with Crippen LogP contribution in [0.2, 0.25) is 0 Å². The number of rotatable bonds is 8. The third-order valence-corrected chi connectivity index (χ3v) is 12.3. The van der Waals surface area contributed by atoms with E-state index in [1.807, 2.05) is 30.3 Å². The molecule has 10 aromatic carbocycles. The smallest absolute Gasteiger partial charge is 0.164 e. The van der Waals surface area contributed by atoms with Crippen LogP contribution in [0.3, 0.4) is 0 Å². The van der Waals surface area contributed by atoms with E-state index >= 15 is 0 Å². The van der Waals surface area contributed by atoms with Crippen molar-refractivity contribution in [2.24, 2.45) is 0 Å². The second-order valence-corrected chi connectivity index (χ2v) is 16.4. The predicted octanol–water partition coefficient (Wildman–Crippen LogP) is 16.3. The van der Waals surface area contributed by atoms with E-state index in [0.717, 1.165) is 82.8 Å². The lowest BCUT2D eigenvalue weighted by atomic mass is 9.97. The largest absolute Gasteiger partial charge is 0.455 e. The van der Waals surface area contributed by atoms with E-state index < -0.39 is 0 Å². The normalized spacial score (nSPS) is 11.4. The molecule has 4 heteroatoms. The molecule has 0 saturated carbocycles. The van der Waals surface area contributed by atoms with Crippen molar-refractivity contribution in [3.8, 4) is 89.8 Å². The molecule has 0 saturated heterocycles. The van der Waals surface area contributed by atoms with Gasteiger partial charge in [0.2, 0.25) is 0 Å². The number of hydrogen-bond donors (Lipinski definition) is 0. The zero-order valence-electron chi connectivity index (χ0n) is 35.3. The number of hydrogen-bond acceptors (Lipinski definition) is 4. The topological polar surface area (TPSA) is 51.8 Å². The van der Waals surface area contributed by atoms with Crippen molar-refractivity contribution < 1.29 is 4.42 Å². The minimum Gasteiger partial charge on any atom is -0.455 e. The Morgan fingerprint density at radius 2 is 0.692 bits per heavy atom. The van der Waals surface area contributed by atoms with Crippen LogP contribution in [0.25, 0.3) is 123 Å². The molecule has 12 rings (SSSR count). The summed E-state index contributed by atoms with van der Waals surface area (Å²) >= 11 is 0. The summed E-state index contributed by atoms with van der Waals surface area (Å²) in [6.45, 7) is 0. The molecule has 12 aromatic rings. The van der Waals surface area contributed by atoms with Crippen LogP contribution in [0, 0.1) is 0 Å². The number of para-hydroxylation sites is 1. The standard InChI is InChI=1S/C61H39N3O/c1-4-14-40(15-5-1)46-20-10-21-47(36-46)43-28-32-45(33-29-43)59-62-60(51-35-31-44-30-34-49(38-52(44)39-51)42-18-8-3-9-19-42)64-61(63-59)55-26-13-27-56-57(55)54-25-12-24-53(58(54)65-56)50-23-11-22-48(37-50)41-16-6-2-7-17-41/h1-39H. The van der Waals surface area contributed by atoms with Gasteiger partial charge in [0.05, 0.1) is 0 Å². The summed E-state index contributed by atoms with van der Waals surface area (Å²) < 4.78 is 6.79. The van der Waals surface area contributed by atoms with Crippen molar-refractivity contribution in [2.45, 2.75) is 0 Å². The third kappa shape index (κ3) is 7.23. The molecular weight excluding hydrogens is 791 g/mol. The van der Waals surface area contributed by atoms with Gasteiger partial charge in [0.1, 0.15) is 11.2 Å². The van der Waals surface area contributed by atoms with Gasteiger partial charge in [0.15, 0.2) is 17.5 Å². The number of nitrogens with zero attached hydrogens (tertiary/aromatic N) is 3. The highest BCUT2D eigenvalue weighted by molar-refractivity contribution is 6.15. The molecule has 0 radical (unpaired) electrons. The van der Waals surface area contributed by atoms with Gasteiger partial charge in [-0.05, 0) is 91.2 Å². The molecule has 0 aliphatic rings. The van der Waals surface area contributed by atoms with Gasteiger partial charge in [-0.3, -0.25) is 0 Å². The maximum absolute atomic E-state index is 6.79. The molecule has 0 unspecified atom stereocenters. The Hall–Kier alpha value is -8.73. The summed E-state index contributed by atoms with van der Waals surface area (Å²) in [6, 6.07) is 82.9. The Balaban J connectivity index is 1.000. The van der Waals surface area contributed by atoms with E-state index in [9.17, 15) is 0 Å². The Labute approximate surface area is 376 Å². The average Bonchev–Trinajstić information content (AvgIpc) is 3.78. The maximum atomic E-state index is 6.79. The highest BCUT2D eigenvalue weighted by Crippen LogP contribution is 2.41. The molecule has 0 aliphatic carbocycles. The van der Waals surface area contributed by atoms with E-state index in [4.69, 9.17) is 19.4 Å². The van der Waals surface area contributed by atoms with Gasteiger partial charge >= 0.3 is 0 Å². The Kier molecular flexibility index (Phi) is 9.46. The van der Waals surface area contributed by atoms with E-state index in [1.54, 1.807) is 0 Å². The number of fused-ring (bicyclic) bond motifs is 4. The van der Waals surface area contributed by atoms with Crippen LogP contribution in [-0.4, -0.2) is 15.0 Å². The molecule has 0 spiro atoms. The first-order valence-corrected chi connectivity index (χ1v) is 21.9. The quantitative estimate of drug-likeness (QED) is 0.153. The van der Waals surface area contributed by atoms with Gasteiger partial charge in [-0.25, -0.2) is 15.0 Å². The molecule has 304 valence electrons. The van der Waals surface area contributed by atoms with E-state index in [-0.39, 0.29) is 0 Å². The lowest BCUT2D eigenvalue weighted by Gasteiger charge is -2.11. The highest BCUT2D eigenvalue weighted by atomic mass is 16.3. The van der Waals surface area contributed by atoms with Crippen LogP contribution < -0.4 is 0 Å². The second-order valence-electron chi connectivity index (χ2n) is 16.4. The van der Waals surface area contributed by atoms with Crippen LogP contribution in [-0.2, 0) is 0 Å². The van der Waals surface area contributed by atoms with Crippen molar-refractivity contribution in [2.75, 3.05) is 0 Å². The Morgan fingerprint density at radius 1 is 0.262 bits per heavy atom. The van der Waals surface area contributed by atoms with Crippen molar-refractivity contribution in [3.63, 3.8) is 0 Å². The SMILES string of the molecule is c1ccc(-c2cccc(-c3ccc(-c4nc(-c5ccc6ccc(-c7ccccc7)cc6c5)nc(-c5cccc6oc7c(-c8cccc(-c9ccccc9)c8)cccc7c56)n4)cc3)c2)cc1.